The number of aromatic nitrogens is 1. The first-order chi connectivity index (χ1) is 6.43. The summed E-state index contributed by atoms with van der Waals surface area (Å²) in [5, 5.41) is 0. The van der Waals surface area contributed by atoms with Crippen LogP contribution in [0.25, 0.3) is 0 Å². The summed E-state index contributed by atoms with van der Waals surface area (Å²) in [4.78, 5) is 4.49. The van der Waals surface area contributed by atoms with Crippen LogP contribution in [0.2, 0.25) is 0 Å². The third kappa shape index (κ3) is 2.06. The molecule has 1 aromatic rings. The molecule has 0 aliphatic carbocycles. The topological polar surface area (TPSA) is 38.9 Å². The number of nitrogens with two attached hydrogens (primary N) is 1. The van der Waals surface area contributed by atoms with Crippen molar-refractivity contribution in [2.24, 2.45) is 0 Å². The van der Waals surface area contributed by atoms with Gasteiger partial charge in [-0.2, -0.15) is 0 Å². The van der Waals surface area contributed by atoms with Crippen LogP contribution < -0.4 is 5.73 Å². The summed E-state index contributed by atoms with van der Waals surface area (Å²) >= 11 is 0. The molecule has 0 aromatic carbocycles. The van der Waals surface area contributed by atoms with E-state index in [0.29, 0.717) is 11.8 Å². The number of anilines is 1. The Kier molecular flexibility index (Phi) is 3.14. The lowest BCUT2D eigenvalue weighted by molar-refractivity contribution is 0.798. The van der Waals surface area contributed by atoms with E-state index >= 15 is 0 Å². The van der Waals surface area contributed by atoms with E-state index in [1.54, 1.807) is 0 Å². The zero-order valence-electron chi connectivity index (χ0n) is 9.76. The normalized spacial score (nSPS) is 11.4. The van der Waals surface area contributed by atoms with Crippen molar-refractivity contribution in [3.63, 3.8) is 0 Å². The maximum absolute atomic E-state index is 6.09. The van der Waals surface area contributed by atoms with Crippen LogP contribution in [-0.4, -0.2) is 4.98 Å². The van der Waals surface area contributed by atoms with Gasteiger partial charge in [-0.3, -0.25) is 4.98 Å². The number of nitrogens with zero attached hydrogens (tertiary/aromatic N) is 1. The van der Waals surface area contributed by atoms with Crippen molar-refractivity contribution in [3.8, 4) is 0 Å². The molecule has 0 atom stereocenters. The van der Waals surface area contributed by atoms with Crippen molar-refractivity contribution in [2.45, 2.75) is 46.5 Å². The Hall–Kier alpha value is -1.05. The molecule has 0 saturated heterocycles. The van der Waals surface area contributed by atoms with Gasteiger partial charge in [0.1, 0.15) is 0 Å². The predicted molar refractivity (Wildman–Crippen MR) is 61.6 cm³/mol. The molecule has 0 unspecified atom stereocenters. The molecule has 0 aliphatic rings. The molecule has 0 radical (unpaired) electrons. The minimum absolute atomic E-state index is 0.396. The molecule has 0 fully saturated rings. The lowest BCUT2D eigenvalue weighted by Gasteiger charge is -2.16. The second kappa shape index (κ2) is 3.99. The Morgan fingerprint density at radius 1 is 1.14 bits per heavy atom. The summed E-state index contributed by atoms with van der Waals surface area (Å²) in [6.07, 6.45) is 0. The van der Waals surface area contributed by atoms with Crippen LogP contribution in [0.5, 0.6) is 0 Å². The number of pyridine rings is 1. The van der Waals surface area contributed by atoms with Crippen LogP contribution in [0, 0.1) is 6.92 Å². The third-order valence-corrected chi connectivity index (χ3v) is 2.42. The van der Waals surface area contributed by atoms with Crippen molar-refractivity contribution in [2.75, 3.05) is 5.73 Å². The van der Waals surface area contributed by atoms with Crippen molar-refractivity contribution in [1.82, 2.24) is 4.98 Å². The highest BCUT2D eigenvalue weighted by atomic mass is 14.8. The van der Waals surface area contributed by atoms with E-state index in [0.717, 1.165) is 17.1 Å². The Bertz CT molecular complexity index is 298. The maximum atomic E-state index is 6.09. The van der Waals surface area contributed by atoms with Crippen LogP contribution in [0.4, 0.5) is 5.69 Å². The molecule has 2 N–H and O–H groups in total. The van der Waals surface area contributed by atoms with E-state index < -0.39 is 0 Å². The predicted octanol–water partition coefficient (Wildman–Crippen LogP) is 3.22. The first-order valence-corrected chi connectivity index (χ1v) is 5.20. The van der Waals surface area contributed by atoms with Crippen LogP contribution in [0.15, 0.2) is 6.07 Å². The highest BCUT2D eigenvalue weighted by Crippen LogP contribution is 2.28. The Morgan fingerprint density at radius 3 is 2.14 bits per heavy atom. The number of hydrogen-bond donors (Lipinski definition) is 1. The molecule has 1 heterocycles. The molecule has 78 valence electrons. The summed E-state index contributed by atoms with van der Waals surface area (Å²) in [6, 6.07) is 2.09. The molecular formula is C12H20N2. The number of aryl methyl sites for hydroxylation is 1. The minimum atomic E-state index is 0.396. The van der Waals surface area contributed by atoms with Gasteiger partial charge in [0.05, 0.1) is 11.4 Å². The molecule has 14 heavy (non-hydrogen) atoms. The lowest BCUT2D eigenvalue weighted by Crippen LogP contribution is -2.06. The van der Waals surface area contributed by atoms with E-state index in [-0.39, 0.29) is 0 Å². The van der Waals surface area contributed by atoms with E-state index in [1.807, 2.05) is 6.92 Å². The summed E-state index contributed by atoms with van der Waals surface area (Å²) < 4.78 is 0. The molecule has 0 saturated carbocycles. The largest absolute Gasteiger partial charge is 0.397 e. The Morgan fingerprint density at radius 2 is 1.71 bits per heavy atom. The zero-order chi connectivity index (χ0) is 10.9. The van der Waals surface area contributed by atoms with Gasteiger partial charge < -0.3 is 5.73 Å². The molecular weight excluding hydrogens is 172 g/mol. The number of nitrogen functional groups attached to an aromatic ring is 1. The Balaban J connectivity index is 3.32. The summed E-state index contributed by atoms with van der Waals surface area (Å²) in [7, 11) is 0. The van der Waals surface area contributed by atoms with Crippen molar-refractivity contribution < 1.29 is 0 Å². The number of rotatable bonds is 2. The SMILES string of the molecule is Cc1cc(C(C)C)c(N)c(C(C)C)n1. The first kappa shape index (κ1) is 11.0. The fourth-order valence-electron chi connectivity index (χ4n) is 1.65. The van der Waals surface area contributed by atoms with Gasteiger partial charge in [0, 0.05) is 5.69 Å². The molecule has 2 nitrogen and oxygen atoms in total. The van der Waals surface area contributed by atoms with Crippen molar-refractivity contribution in [3.05, 3.63) is 23.0 Å². The van der Waals surface area contributed by atoms with Gasteiger partial charge in [-0.1, -0.05) is 27.7 Å². The first-order valence-electron chi connectivity index (χ1n) is 5.20. The quantitative estimate of drug-likeness (QED) is 0.781. The van der Waals surface area contributed by atoms with E-state index in [9.17, 15) is 0 Å². The molecule has 0 spiro atoms. The summed E-state index contributed by atoms with van der Waals surface area (Å²) in [5.41, 5.74) is 10.3. The monoisotopic (exact) mass is 192 g/mol. The summed E-state index contributed by atoms with van der Waals surface area (Å²) in [5.74, 6) is 0.863. The molecule has 1 aromatic heterocycles. The molecule has 1 rings (SSSR count). The molecule has 2 heteroatoms. The highest BCUT2D eigenvalue weighted by molar-refractivity contribution is 5.54. The van der Waals surface area contributed by atoms with E-state index in [2.05, 4.69) is 38.7 Å². The molecule has 0 aliphatic heterocycles. The smallest absolute Gasteiger partial charge is 0.0664 e. The van der Waals surface area contributed by atoms with Gasteiger partial charge in [-0.05, 0) is 30.4 Å². The van der Waals surface area contributed by atoms with Crippen LogP contribution in [0.3, 0.4) is 0 Å². The van der Waals surface area contributed by atoms with Gasteiger partial charge in [0.2, 0.25) is 0 Å². The highest BCUT2D eigenvalue weighted by Gasteiger charge is 2.13. The van der Waals surface area contributed by atoms with Crippen molar-refractivity contribution >= 4 is 5.69 Å². The minimum Gasteiger partial charge on any atom is -0.397 e. The summed E-state index contributed by atoms with van der Waals surface area (Å²) in [6.45, 7) is 10.6. The van der Waals surface area contributed by atoms with E-state index in [1.165, 1.54) is 5.56 Å². The van der Waals surface area contributed by atoms with Crippen LogP contribution in [0.1, 0.15) is 56.5 Å². The fourth-order valence-corrected chi connectivity index (χ4v) is 1.65. The molecule has 0 amide bonds. The average Bonchev–Trinajstić information content (AvgIpc) is 2.07. The van der Waals surface area contributed by atoms with Gasteiger partial charge >= 0.3 is 0 Å². The molecule has 0 bridgehead atoms. The van der Waals surface area contributed by atoms with E-state index in [4.69, 9.17) is 5.73 Å². The van der Waals surface area contributed by atoms with Gasteiger partial charge in [0.25, 0.3) is 0 Å². The third-order valence-electron chi connectivity index (χ3n) is 2.42. The van der Waals surface area contributed by atoms with Crippen LogP contribution in [-0.2, 0) is 0 Å². The lowest BCUT2D eigenvalue weighted by atomic mass is 9.96. The zero-order valence-corrected chi connectivity index (χ0v) is 9.76. The van der Waals surface area contributed by atoms with Gasteiger partial charge in [0.15, 0.2) is 0 Å². The van der Waals surface area contributed by atoms with Gasteiger partial charge in [-0.25, -0.2) is 0 Å². The standard InChI is InChI=1S/C12H20N2/c1-7(2)10-6-9(5)14-12(8(3)4)11(10)13/h6-8H,13H2,1-5H3. The average molecular weight is 192 g/mol. The second-order valence-electron chi connectivity index (χ2n) is 4.46. The number of hydrogen-bond acceptors (Lipinski definition) is 2. The maximum Gasteiger partial charge on any atom is 0.0664 e. The fraction of sp³-hybridized carbons (Fsp3) is 0.583. The van der Waals surface area contributed by atoms with Crippen molar-refractivity contribution in [1.29, 1.82) is 0 Å². The Labute approximate surface area is 86.5 Å². The van der Waals surface area contributed by atoms with Gasteiger partial charge in [-0.15, -0.1) is 0 Å². The van der Waals surface area contributed by atoms with Crippen LogP contribution >= 0.6 is 0 Å². The second-order valence-corrected chi connectivity index (χ2v) is 4.46.